The summed E-state index contributed by atoms with van der Waals surface area (Å²) in [6, 6.07) is 9.99. The molecule has 1 aromatic heterocycles. The molecule has 0 saturated heterocycles. The maximum absolute atomic E-state index is 5.34. The molecule has 0 amide bonds. The van der Waals surface area contributed by atoms with E-state index >= 15 is 0 Å². The topological polar surface area (TPSA) is 43.4 Å². The fraction of sp³-hybridized carbons (Fsp3) is 0.312. The highest BCUT2D eigenvalue weighted by atomic mass is 79.9. The summed E-state index contributed by atoms with van der Waals surface area (Å²) in [7, 11) is 3.27. The number of methoxy groups -OCH3 is 2. The van der Waals surface area contributed by atoms with Crippen LogP contribution >= 0.6 is 15.9 Å². The number of pyridine rings is 1. The standard InChI is InChI=1S/C16H19BrN2O2/c1-11(14-6-4-5-7-18-14)19-10-12-8-15(20-2)16(21-3)9-13(12)17/h4-9,11,19H,10H2,1-3H3/t11-/m0/s1. The van der Waals surface area contributed by atoms with E-state index in [1.165, 1.54) is 0 Å². The highest BCUT2D eigenvalue weighted by molar-refractivity contribution is 9.10. The van der Waals surface area contributed by atoms with Gasteiger partial charge in [0, 0.05) is 23.3 Å². The smallest absolute Gasteiger partial charge is 0.161 e. The molecular weight excluding hydrogens is 332 g/mol. The van der Waals surface area contributed by atoms with Crippen LogP contribution in [0.25, 0.3) is 0 Å². The second kappa shape index (κ2) is 7.43. The summed E-state index contributed by atoms with van der Waals surface area (Å²) in [6.45, 7) is 2.80. The van der Waals surface area contributed by atoms with E-state index < -0.39 is 0 Å². The molecule has 2 rings (SSSR count). The van der Waals surface area contributed by atoms with E-state index in [-0.39, 0.29) is 6.04 Å². The number of rotatable bonds is 6. The number of nitrogens with zero attached hydrogens (tertiary/aromatic N) is 1. The van der Waals surface area contributed by atoms with Crippen LogP contribution in [0.15, 0.2) is 41.0 Å². The summed E-state index contributed by atoms with van der Waals surface area (Å²) in [5.41, 5.74) is 2.13. The Bertz CT molecular complexity index is 590. The summed E-state index contributed by atoms with van der Waals surface area (Å²) in [4.78, 5) is 4.36. The molecule has 0 aliphatic heterocycles. The second-order valence-electron chi connectivity index (χ2n) is 4.66. The number of halogens is 1. The lowest BCUT2D eigenvalue weighted by molar-refractivity contribution is 0.354. The van der Waals surface area contributed by atoms with E-state index in [4.69, 9.17) is 9.47 Å². The molecule has 0 bridgehead atoms. The van der Waals surface area contributed by atoms with Crippen LogP contribution in [0.1, 0.15) is 24.2 Å². The van der Waals surface area contributed by atoms with Crippen molar-refractivity contribution >= 4 is 15.9 Å². The maximum atomic E-state index is 5.34. The van der Waals surface area contributed by atoms with Gasteiger partial charge in [-0.3, -0.25) is 4.98 Å². The normalized spacial score (nSPS) is 12.0. The van der Waals surface area contributed by atoms with Gasteiger partial charge in [-0.25, -0.2) is 0 Å². The summed E-state index contributed by atoms with van der Waals surface area (Å²) in [5.74, 6) is 1.44. The van der Waals surface area contributed by atoms with Crippen LogP contribution < -0.4 is 14.8 Å². The molecule has 21 heavy (non-hydrogen) atoms. The molecule has 0 saturated carbocycles. The zero-order valence-corrected chi connectivity index (χ0v) is 14.0. The Hall–Kier alpha value is -1.59. The Morgan fingerprint density at radius 1 is 1.19 bits per heavy atom. The van der Waals surface area contributed by atoms with Gasteiger partial charge in [0.1, 0.15) is 0 Å². The molecule has 0 spiro atoms. The summed E-state index contributed by atoms with van der Waals surface area (Å²) in [5, 5.41) is 3.46. The van der Waals surface area contributed by atoms with Crippen molar-refractivity contribution in [2.75, 3.05) is 14.2 Å². The van der Waals surface area contributed by atoms with Gasteiger partial charge in [-0.2, -0.15) is 0 Å². The van der Waals surface area contributed by atoms with Crippen LogP contribution in [0, 0.1) is 0 Å². The summed E-state index contributed by atoms with van der Waals surface area (Å²) >= 11 is 3.57. The molecule has 1 N–H and O–H groups in total. The lowest BCUT2D eigenvalue weighted by Crippen LogP contribution is -2.19. The van der Waals surface area contributed by atoms with Crippen molar-refractivity contribution in [1.82, 2.24) is 10.3 Å². The number of nitrogens with one attached hydrogen (secondary N) is 1. The number of hydrogen-bond acceptors (Lipinski definition) is 4. The third-order valence-corrected chi connectivity index (χ3v) is 4.02. The van der Waals surface area contributed by atoms with Gasteiger partial charge in [-0.15, -0.1) is 0 Å². The van der Waals surface area contributed by atoms with Gasteiger partial charge in [0.2, 0.25) is 0 Å². The van der Waals surface area contributed by atoms with Crippen LogP contribution in [0.4, 0.5) is 0 Å². The first kappa shape index (κ1) is 15.8. The molecule has 0 fully saturated rings. The van der Waals surface area contributed by atoms with Gasteiger partial charge in [0.05, 0.1) is 19.9 Å². The molecule has 1 heterocycles. The zero-order chi connectivity index (χ0) is 15.2. The average Bonchev–Trinajstić information content (AvgIpc) is 2.53. The quantitative estimate of drug-likeness (QED) is 0.862. The fourth-order valence-corrected chi connectivity index (χ4v) is 2.49. The fourth-order valence-electron chi connectivity index (χ4n) is 2.03. The Morgan fingerprint density at radius 3 is 2.52 bits per heavy atom. The lowest BCUT2D eigenvalue weighted by atomic mass is 10.1. The minimum absolute atomic E-state index is 0.172. The van der Waals surface area contributed by atoms with Crippen molar-refractivity contribution in [2.45, 2.75) is 19.5 Å². The van der Waals surface area contributed by atoms with Crippen LogP contribution in [-0.4, -0.2) is 19.2 Å². The Kier molecular flexibility index (Phi) is 5.59. The molecule has 2 aromatic rings. The molecule has 4 nitrogen and oxygen atoms in total. The van der Waals surface area contributed by atoms with E-state index in [0.29, 0.717) is 12.3 Å². The Balaban J connectivity index is 2.09. The molecule has 1 atom stereocenters. The predicted octanol–water partition coefficient (Wildman–Crippen LogP) is 3.71. The monoisotopic (exact) mass is 350 g/mol. The van der Waals surface area contributed by atoms with Crippen LogP contribution in [-0.2, 0) is 6.54 Å². The molecule has 0 aliphatic rings. The lowest BCUT2D eigenvalue weighted by Gasteiger charge is -2.16. The van der Waals surface area contributed by atoms with Crippen LogP contribution in [0.5, 0.6) is 11.5 Å². The third kappa shape index (κ3) is 3.95. The maximum Gasteiger partial charge on any atom is 0.161 e. The molecule has 0 unspecified atom stereocenters. The number of ether oxygens (including phenoxy) is 2. The second-order valence-corrected chi connectivity index (χ2v) is 5.51. The summed E-state index contributed by atoms with van der Waals surface area (Å²) < 4.78 is 11.6. The zero-order valence-electron chi connectivity index (χ0n) is 12.4. The largest absolute Gasteiger partial charge is 0.493 e. The summed E-state index contributed by atoms with van der Waals surface area (Å²) in [6.07, 6.45) is 1.81. The highest BCUT2D eigenvalue weighted by Gasteiger charge is 2.11. The van der Waals surface area contributed by atoms with Gasteiger partial charge in [-0.05, 0) is 36.8 Å². The first-order valence-corrected chi connectivity index (χ1v) is 7.49. The number of hydrogen-bond donors (Lipinski definition) is 1. The van der Waals surface area contributed by atoms with Gasteiger partial charge in [-0.1, -0.05) is 22.0 Å². The molecular formula is C16H19BrN2O2. The molecule has 0 radical (unpaired) electrons. The number of aromatic nitrogens is 1. The molecule has 1 aromatic carbocycles. The van der Waals surface area contributed by atoms with Gasteiger partial charge >= 0.3 is 0 Å². The molecule has 0 aliphatic carbocycles. The van der Waals surface area contributed by atoms with E-state index in [9.17, 15) is 0 Å². The van der Waals surface area contributed by atoms with Crippen molar-refractivity contribution in [2.24, 2.45) is 0 Å². The van der Waals surface area contributed by atoms with E-state index in [2.05, 4.69) is 33.2 Å². The van der Waals surface area contributed by atoms with Gasteiger partial charge < -0.3 is 14.8 Å². The Morgan fingerprint density at radius 2 is 1.90 bits per heavy atom. The third-order valence-electron chi connectivity index (χ3n) is 3.28. The van der Waals surface area contributed by atoms with Crippen molar-refractivity contribution in [3.63, 3.8) is 0 Å². The van der Waals surface area contributed by atoms with Crippen LogP contribution in [0.3, 0.4) is 0 Å². The average molecular weight is 351 g/mol. The molecule has 5 heteroatoms. The number of benzene rings is 1. The van der Waals surface area contributed by atoms with Crippen molar-refractivity contribution in [1.29, 1.82) is 0 Å². The van der Waals surface area contributed by atoms with Crippen molar-refractivity contribution in [3.05, 3.63) is 52.3 Å². The van der Waals surface area contributed by atoms with Crippen molar-refractivity contribution < 1.29 is 9.47 Å². The van der Waals surface area contributed by atoms with Gasteiger partial charge in [0.15, 0.2) is 11.5 Å². The van der Waals surface area contributed by atoms with Crippen molar-refractivity contribution in [3.8, 4) is 11.5 Å². The molecule has 112 valence electrons. The van der Waals surface area contributed by atoms with E-state index in [1.54, 1.807) is 20.4 Å². The van der Waals surface area contributed by atoms with E-state index in [1.807, 2.05) is 30.3 Å². The van der Waals surface area contributed by atoms with Crippen LogP contribution in [0.2, 0.25) is 0 Å². The minimum Gasteiger partial charge on any atom is -0.493 e. The Labute approximate surface area is 133 Å². The SMILES string of the molecule is COc1cc(Br)c(CN[C@@H](C)c2ccccn2)cc1OC. The first-order chi connectivity index (χ1) is 10.2. The minimum atomic E-state index is 0.172. The van der Waals surface area contributed by atoms with E-state index in [0.717, 1.165) is 21.5 Å². The highest BCUT2D eigenvalue weighted by Crippen LogP contribution is 2.33. The first-order valence-electron chi connectivity index (χ1n) is 6.70. The van der Waals surface area contributed by atoms with Gasteiger partial charge in [0.25, 0.3) is 0 Å². The predicted molar refractivity (Wildman–Crippen MR) is 86.7 cm³/mol.